The highest BCUT2D eigenvalue weighted by atomic mass is 32.2. The lowest BCUT2D eigenvalue weighted by Crippen LogP contribution is -2.41. The largest absolute Gasteiger partial charge is 0.356 e. The molecule has 0 aromatic heterocycles. The second-order valence-corrected chi connectivity index (χ2v) is 7.19. The van der Waals surface area contributed by atoms with Crippen LogP contribution >= 0.6 is 11.8 Å². The Morgan fingerprint density at radius 3 is 2.95 bits per heavy atom. The maximum Gasteiger partial charge on any atom is 0.191 e. The number of hydrogen-bond donors (Lipinski definition) is 2. The first-order chi connectivity index (χ1) is 10.2. The van der Waals surface area contributed by atoms with Crippen LogP contribution in [0.25, 0.3) is 0 Å². The van der Waals surface area contributed by atoms with Crippen LogP contribution in [0.3, 0.4) is 0 Å². The fourth-order valence-electron chi connectivity index (χ4n) is 2.58. The van der Waals surface area contributed by atoms with Crippen LogP contribution in [0.15, 0.2) is 29.3 Å². The number of hydrogen-bond acceptors (Lipinski definition) is 2. The Labute approximate surface area is 133 Å². The van der Waals surface area contributed by atoms with Gasteiger partial charge in [-0.2, -0.15) is 11.8 Å². The first kappa shape index (κ1) is 16.2. The summed E-state index contributed by atoms with van der Waals surface area (Å²) in [5.74, 6) is 2.70. The molecule has 1 aliphatic rings. The number of nitrogens with zero attached hydrogens (tertiary/aromatic N) is 1. The van der Waals surface area contributed by atoms with Crippen molar-refractivity contribution in [3.05, 3.63) is 35.4 Å². The molecule has 0 amide bonds. The number of guanidine groups is 1. The van der Waals surface area contributed by atoms with Gasteiger partial charge in [-0.15, -0.1) is 0 Å². The normalized spacial score (nSPS) is 20.3. The zero-order valence-electron chi connectivity index (χ0n) is 13.4. The standard InChI is InChI=1S/C17H27N3S/c1-13-6-4-7-15(10-13)14(2)11-19-17(18-3)20-12-16-8-5-9-21-16/h4,6-7,10,14,16H,5,8-9,11-12H2,1-3H3,(H2,18,19,20). The summed E-state index contributed by atoms with van der Waals surface area (Å²) in [6.07, 6.45) is 2.68. The number of aliphatic imine (C=N–C) groups is 1. The molecule has 1 aromatic carbocycles. The zero-order valence-corrected chi connectivity index (χ0v) is 14.2. The fourth-order valence-corrected chi connectivity index (χ4v) is 3.78. The van der Waals surface area contributed by atoms with Crippen LogP contribution in [0.5, 0.6) is 0 Å². The molecule has 3 nitrogen and oxygen atoms in total. The minimum Gasteiger partial charge on any atom is -0.356 e. The van der Waals surface area contributed by atoms with Gasteiger partial charge in [0.25, 0.3) is 0 Å². The Bertz CT molecular complexity index is 467. The van der Waals surface area contributed by atoms with E-state index in [4.69, 9.17) is 0 Å². The van der Waals surface area contributed by atoms with Gasteiger partial charge in [-0.3, -0.25) is 4.99 Å². The van der Waals surface area contributed by atoms with E-state index in [1.165, 1.54) is 29.7 Å². The minimum atomic E-state index is 0.476. The molecule has 116 valence electrons. The van der Waals surface area contributed by atoms with Crippen LogP contribution in [0.4, 0.5) is 0 Å². The summed E-state index contributed by atoms with van der Waals surface area (Å²) < 4.78 is 0. The molecule has 1 saturated heterocycles. The molecule has 2 unspecified atom stereocenters. The molecule has 1 fully saturated rings. The molecule has 2 rings (SSSR count). The SMILES string of the molecule is CN=C(NCC1CCCS1)NCC(C)c1cccc(C)c1. The number of aryl methyl sites for hydroxylation is 1. The van der Waals surface area contributed by atoms with E-state index < -0.39 is 0 Å². The quantitative estimate of drug-likeness (QED) is 0.648. The van der Waals surface area contributed by atoms with Gasteiger partial charge in [-0.05, 0) is 37.0 Å². The van der Waals surface area contributed by atoms with Crippen LogP contribution in [0.1, 0.15) is 36.8 Å². The highest BCUT2D eigenvalue weighted by Gasteiger charge is 2.15. The molecule has 1 aliphatic heterocycles. The lowest BCUT2D eigenvalue weighted by atomic mass is 9.99. The van der Waals surface area contributed by atoms with E-state index in [-0.39, 0.29) is 0 Å². The van der Waals surface area contributed by atoms with E-state index in [1.807, 2.05) is 7.05 Å². The summed E-state index contributed by atoms with van der Waals surface area (Å²) in [5, 5.41) is 7.64. The van der Waals surface area contributed by atoms with E-state index in [2.05, 4.69) is 65.5 Å². The Morgan fingerprint density at radius 1 is 1.43 bits per heavy atom. The van der Waals surface area contributed by atoms with Crippen LogP contribution in [-0.4, -0.2) is 37.1 Å². The molecule has 0 bridgehead atoms. The van der Waals surface area contributed by atoms with Crippen LogP contribution in [0.2, 0.25) is 0 Å². The van der Waals surface area contributed by atoms with Crippen molar-refractivity contribution in [2.24, 2.45) is 4.99 Å². The fraction of sp³-hybridized carbons (Fsp3) is 0.588. The molecule has 0 radical (unpaired) electrons. The lowest BCUT2D eigenvalue weighted by molar-refractivity contribution is 0.685. The van der Waals surface area contributed by atoms with Gasteiger partial charge in [-0.25, -0.2) is 0 Å². The van der Waals surface area contributed by atoms with E-state index in [9.17, 15) is 0 Å². The van der Waals surface area contributed by atoms with Crippen molar-refractivity contribution < 1.29 is 0 Å². The monoisotopic (exact) mass is 305 g/mol. The van der Waals surface area contributed by atoms with Gasteiger partial charge in [0, 0.05) is 25.4 Å². The molecule has 0 saturated carbocycles. The zero-order chi connectivity index (χ0) is 15.1. The first-order valence-corrected chi connectivity index (χ1v) is 8.86. The third kappa shape index (κ3) is 5.27. The van der Waals surface area contributed by atoms with Crippen molar-refractivity contribution in [3.63, 3.8) is 0 Å². The number of nitrogens with one attached hydrogen (secondary N) is 2. The Morgan fingerprint density at radius 2 is 2.29 bits per heavy atom. The molecule has 1 aromatic rings. The highest BCUT2D eigenvalue weighted by Crippen LogP contribution is 2.25. The molecule has 2 N–H and O–H groups in total. The predicted octanol–water partition coefficient (Wildman–Crippen LogP) is 3.16. The van der Waals surface area contributed by atoms with Crippen molar-refractivity contribution in [2.45, 2.75) is 37.9 Å². The van der Waals surface area contributed by atoms with E-state index in [1.54, 1.807) is 0 Å². The van der Waals surface area contributed by atoms with Gasteiger partial charge >= 0.3 is 0 Å². The summed E-state index contributed by atoms with van der Waals surface area (Å²) >= 11 is 2.07. The van der Waals surface area contributed by atoms with Gasteiger partial charge in [0.15, 0.2) is 5.96 Å². The first-order valence-electron chi connectivity index (χ1n) is 7.81. The molecule has 2 atom stereocenters. The predicted molar refractivity (Wildman–Crippen MR) is 94.4 cm³/mol. The maximum atomic E-state index is 4.32. The van der Waals surface area contributed by atoms with E-state index >= 15 is 0 Å². The van der Waals surface area contributed by atoms with Crippen molar-refractivity contribution in [1.29, 1.82) is 0 Å². The molecule has 1 heterocycles. The van der Waals surface area contributed by atoms with Crippen molar-refractivity contribution in [1.82, 2.24) is 10.6 Å². The van der Waals surface area contributed by atoms with Gasteiger partial charge in [0.2, 0.25) is 0 Å². The molecular formula is C17H27N3S. The second kappa shape index (κ2) is 8.32. The van der Waals surface area contributed by atoms with Crippen LogP contribution in [0, 0.1) is 6.92 Å². The Balaban J connectivity index is 1.76. The average Bonchev–Trinajstić information content (AvgIpc) is 3.00. The van der Waals surface area contributed by atoms with E-state index in [0.29, 0.717) is 5.92 Å². The third-order valence-corrected chi connectivity index (χ3v) is 5.33. The second-order valence-electron chi connectivity index (χ2n) is 5.78. The number of rotatable bonds is 5. The Kier molecular flexibility index (Phi) is 6.43. The third-order valence-electron chi connectivity index (χ3n) is 3.93. The van der Waals surface area contributed by atoms with Crippen molar-refractivity contribution in [3.8, 4) is 0 Å². The highest BCUT2D eigenvalue weighted by molar-refractivity contribution is 8.00. The van der Waals surface area contributed by atoms with Gasteiger partial charge in [0.05, 0.1) is 0 Å². The van der Waals surface area contributed by atoms with Gasteiger partial charge in [-0.1, -0.05) is 36.8 Å². The summed E-state index contributed by atoms with van der Waals surface area (Å²) in [6, 6.07) is 8.73. The summed E-state index contributed by atoms with van der Waals surface area (Å²) in [6.45, 7) is 6.31. The van der Waals surface area contributed by atoms with Crippen LogP contribution in [-0.2, 0) is 0 Å². The number of thioether (sulfide) groups is 1. The molecule has 21 heavy (non-hydrogen) atoms. The Hall–Kier alpha value is -1.16. The van der Waals surface area contributed by atoms with Crippen molar-refractivity contribution >= 4 is 17.7 Å². The average molecular weight is 305 g/mol. The number of benzene rings is 1. The van der Waals surface area contributed by atoms with Crippen LogP contribution < -0.4 is 10.6 Å². The lowest BCUT2D eigenvalue weighted by Gasteiger charge is -2.18. The summed E-state index contributed by atoms with van der Waals surface area (Å²) in [5.41, 5.74) is 2.70. The molecular weight excluding hydrogens is 278 g/mol. The van der Waals surface area contributed by atoms with E-state index in [0.717, 1.165) is 24.3 Å². The molecule has 4 heteroatoms. The maximum absolute atomic E-state index is 4.32. The molecule has 0 aliphatic carbocycles. The topological polar surface area (TPSA) is 36.4 Å². The van der Waals surface area contributed by atoms with Crippen molar-refractivity contribution in [2.75, 3.05) is 25.9 Å². The minimum absolute atomic E-state index is 0.476. The summed E-state index contributed by atoms with van der Waals surface area (Å²) in [4.78, 5) is 4.32. The van der Waals surface area contributed by atoms with Gasteiger partial charge < -0.3 is 10.6 Å². The smallest absolute Gasteiger partial charge is 0.191 e. The summed E-state index contributed by atoms with van der Waals surface area (Å²) in [7, 11) is 1.84. The van der Waals surface area contributed by atoms with Gasteiger partial charge in [0.1, 0.15) is 0 Å². The molecule has 0 spiro atoms.